The summed E-state index contributed by atoms with van der Waals surface area (Å²) in [6, 6.07) is 9.71. The van der Waals surface area contributed by atoms with Crippen LogP contribution in [0.5, 0.6) is 0 Å². The maximum Gasteiger partial charge on any atom is 0.313 e. The highest BCUT2D eigenvalue weighted by Crippen LogP contribution is 2.26. The average Bonchev–Trinajstić information content (AvgIpc) is 2.32. The van der Waals surface area contributed by atoms with E-state index in [0.717, 1.165) is 5.56 Å². The normalized spacial score (nSPS) is 23.8. The molecule has 1 aliphatic rings. The predicted molar refractivity (Wildman–Crippen MR) is 64.6 cm³/mol. The Hall–Kier alpha value is -1.43. The van der Waals surface area contributed by atoms with Crippen molar-refractivity contribution in [1.29, 1.82) is 0 Å². The van der Waals surface area contributed by atoms with Gasteiger partial charge in [0.05, 0.1) is 0 Å². The number of aliphatic hydroxyl groups is 2. The number of rotatable bonds is 3. The molecule has 1 aliphatic heterocycles. The van der Waals surface area contributed by atoms with E-state index >= 15 is 0 Å². The van der Waals surface area contributed by atoms with E-state index in [9.17, 15) is 15.0 Å². The molecule has 0 aromatic heterocycles. The van der Waals surface area contributed by atoms with Gasteiger partial charge in [-0.15, -0.1) is 0 Å². The standard InChI is InChI=1S/C13H17NO4/c15-12(16)11-9-14(7-6-13(11,17)18)8-10-4-2-1-3-5-10/h1-5,11,17-18H,6-9H2,(H,15,16). The number of benzene rings is 1. The third-order valence-corrected chi connectivity index (χ3v) is 3.34. The second-order valence-corrected chi connectivity index (χ2v) is 4.74. The first-order chi connectivity index (χ1) is 8.49. The maximum absolute atomic E-state index is 11.0. The Labute approximate surface area is 105 Å². The Bertz CT molecular complexity index is 418. The highest BCUT2D eigenvalue weighted by atomic mass is 16.5. The summed E-state index contributed by atoms with van der Waals surface area (Å²) in [5.74, 6) is -4.42. The van der Waals surface area contributed by atoms with E-state index in [4.69, 9.17) is 5.11 Å². The van der Waals surface area contributed by atoms with E-state index in [0.29, 0.717) is 13.1 Å². The van der Waals surface area contributed by atoms with Crippen molar-refractivity contribution in [2.45, 2.75) is 18.8 Å². The van der Waals surface area contributed by atoms with Crippen LogP contribution in [0.2, 0.25) is 0 Å². The molecule has 3 N–H and O–H groups in total. The number of hydrogen-bond acceptors (Lipinski definition) is 4. The van der Waals surface area contributed by atoms with Crippen molar-refractivity contribution in [2.75, 3.05) is 13.1 Å². The Morgan fingerprint density at radius 2 is 2.00 bits per heavy atom. The molecule has 1 unspecified atom stereocenters. The molecule has 0 spiro atoms. The van der Waals surface area contributed by atoms with Gasteiger partial charge in [0.15, 0.2) is 5.79 Å². The molecule has 1 aromatic carbocycles. The monoisotopic (exact) mass is 251 g/mol. The van der Waals surface area contributed by atoms with Crippen LogP contribution in [0.1, 0.15) is 12.0 Å². The molecule has 0 aliphatic carbocycles. The van der Waals surface area contributed by atoms with Gasteiger partial charge in [-0.25, -0.2) is 0 Å². The number of nitrogens with zero attached hydrogens (tertiary/aromatic N) is 1. The quantitative estimate of drug-likeness (QED) is 0.672. The summed E-state index contributed by atoms with van der Waals surface area (Å²) < 4.78 is 0. The first-order valence-electron chi connectivity index (χ1n) is 5.93. The van der Waals surface area contributed by atoms with Gasteiger partial charge in [0, 0.05) is 26.1 Å². The van der Waals surface area contributed by atoms with Crippen molar-refractivity contribution in [3.8, 4) is 0 Å². The second kappa shape index (κ2) is 5.06. The number of likely N-dealkylation sites (tertiary alicyclic amines) is 1. The summed E-state index contributed by atoms with van der Waals surface area (Å²) in [7, 11) is 0. The summed E-state index contributed by atoms with van der Waals surface area (Å²) in [5, 5.41) is 28.3. The number of carboxylic acids is 1. The summed E-state index contributed by atoms with van der Waals surface area (Å²) >= 11 is 0. The van der Waals surface area contributed by atoms with Crippen LogP contribution in [0.4, 0.5) is 0 Å². The van der Waals surface area contributed by atoms with Crippen molar-refractivity contribution in [2.24, 2.45) is 5.92 Å². The fourth-order valence-electron chi connectivity index (χ4n) is 2.25. The lowest BCUT2D eigenvalue weighted by molar-refractivity contribution is -0.230. The van der Waals surface area contributed by atoms with Crippen LogP contribution < -0.4 is 0 Å². The number of aliphatic carboxylic acids is 1. The van der Waals surface area contributed by atoms with Gasteiger partial charge in [0.1, 0.15) is 5.92 Å². The molecule has 0 amide bonds. The Morgan fingerprint density at radius 1 is 1.33 bits per heavy atom. The molecule has 5 heteroatoms. The lowest BCUT2D eigenvalue weighted by Crippen LogP contribution is -2.54. The van der Waals surface area contributed by atoms with Gasteiger partial charge >= 0.3 is 5.97 Å². The molecule has 5 nitrogen and oxygen atoms in total. The molecule has 18 heavy (non-hydrogen) atoms. The van der Waals surface area contributed by atoms with Gasteiger partial charge in [-0.05, 0) is 5.56 Å². The number of piperidine rings is 1. The van der Waals surface area contributed by atoms with Crippen LogP contribution >= 0.6 is 0 Å². The van der Waals surface area contributed by atoms with Gasteiger partial charge in [-0.2, -0.15) is 0 Å². The Balaban J connectivity index is 2.03. The summed E-state index contributed by atoms with van der Waals surface area (Å²) in [5.41, 5.74) is 1.09. The van der Waals surface area contributed by atoms with Crippen molar-refractivity contribution in [3.05, 3.63) is 35.9 Å². The van der Waals surface area contributed by atoms with Crippen molar-refractivity contribution in [1.82, 2.24) is 4.90 Å². The largest absolute Gasteiger partial charge is 0.481 e. The first kappa shape index (κ1) is 13.0. The SMILES string of the molecule is O=C(O)C1CN(Cc2ccccc2)CCC1(O)O. The van der Waals surface area contributed by atoms with Gasteiger partial charge in [0.25, 0.3) is 0 Å². The number of carboxylic acid groups (broad SMARTS) is 1. The van der Waals surface area contributed by atoms with Crippen LogP contribution in [0, 0.1) is 5.92 Å². The fourth-order valence-corrected chi connectivity index (χ4v) is 2.25. The Kier molecular flexibility index (Phi) is 3.65. The Morgan fingerprint density at radius 3 is 2.61 bits per heavy atom. The van der Waals surface area contributed by atoms with Gasteiger partial charge < -0.3 is 15.3 Å². The summed E-state index contributed by atoms with van der Waals surface area (Å²) in [4.78, 5) is 13.0. The average molecular weight is 251 g/mol. The molecular weight excluding hydrogens is 234 g/mol. The maximum atomic E-state index is 11.0. The highest BCUT2D eigenvalue weighted by molar-refractivity contribution is 5.71. The van der Waals surface area contributed by atoms with Crippen LogP contribution in [-0.4, -0.2) is 45.1 Å². The molecule has 2 rings (SSSR count). The zero-order chi connectivity index (χ0) is 13.2. The van der Waals surface area contributed by atoms with Crippen LogP contribution in [-0.2, 0) is 11.3 Å². The lowest BCUT2D eigenvalue weighted by Gasteiger charge is -2.39. The molecular formula is C13H17NO4. The van der Waals surface area contributed by atoms with Crippen LogP contribution in [0.15, 0.2) is 30.3 Å². The van der Waals surface area contributed by atoms with Gasteiger partial charge in [-0.1, -0.05) is 30.3 Å². The molecule has 0 saturated carbocycles. The minimum absolute atomic E-state index is 0.0524. The fraction of sp³-hybridized carbons (Fsp3) is 0.462. The third-order valence-electron chi connectivity index (χ3n) is 3.34. The minimum atomic E-state index is -2.10. The van der Waals surface area contributed by atoms with E-state index < -0.39 is 17.7 Å². The molecule has 0 bridgehead atoms. The molecule has 1 saturated heterocycles. The van der Waals surface area contributed by atoms with E-state index in [1.54, 1.807) is 0 Å². The van der Waals surface area contributed by atoms with E-state index in [1.807, 2.05) is 35.2 Å². The lowest BCUT2D eigenvalue weighted by atomic mass is 9.90. The molecule has 1 atom stereocenters. The van der Waals surface area contributed by atoms with E-state index in [-0.39, 0.29) is 13.0 Å². The van der Waals surface area contributed by atoms with Crippen molar-refractivity contribution >= 4 is 5.97 Å². The molecule has 0 radical (unpaired) electrons. The summed E-state index contributed by atoms with van der Waals surface area (Å²) in [6.07, 6.45) is 0.0524. The van der Waals surface area contributed by atoms with E-state index in [2.05, 4.69) is 0 Å². The third kappa shape index (κ3) is 2.87. The molecule has 1 heterocycles. The zero-order valence-corrected chi connectivity index (χ0v) is 9.99. The topological polar surface area (TPSA) is 81.0 Å². The zero-order valence-electron chi connectivity index (χ0n) is 9.99. The molecule has 1 aromatic rings. The predicted octanol–water partition coefficient (Wildman–Crippen LogP) is 0.274. The van der Waals surface area contributed by atoms with Crippen LogP contribution in [0.3, 0.4) is 0 Å². The summed E-state index contributed by atoms with van der Waals surface area (Å²) in [6.45, 7) is 1.25. The van der Waals surface area contributed by atoms with Crippen molar-refractivity contribution in [3.63, 3.8) is 0 Å². The minimum Gasteiger partial charge on any atom is -0.481 e. The first-order valence-corrected chi connectivity index (χ1v) is 5.93. The van der Waals surface area contributed by atoms with Gasteiger partial charge in [-0.3, -0.25) is 9.69 Å². The second-order valence-electron chi connectivity index (χ2n) is 4.74. The molecule has 1 fully saturated rings. The van der Waals surface area contributed by atoms with Crippen LogP contribution in [0.25, 0.3) is 0 Å². The van der Waals surface area contributed by atoms with E-state index in [1.165, 1.54) is 0 Å². The van der Waals surface area contributed by atoms with Gasteiger partial charge in [0.2, 0.25) is 0 Å². The number of hydrogen-bond donors (Lipinski definition) is 3. The number of carbonyl (C=O) groups is 1. The van der Waals surface area contributed by atoms with Crippen molar-refractivity contribution < 1.29 is 20.1 Å². The smallest absolute Gasteiger partial charge is 0.313 e. The molecule has 98 valence electrons. The highest BCUT2D eigenvalue weighted by Gasteiger charge is 2.44.